The first-order chi connectivity index (χ1) is 14.9. The van der Waals surface area contributed by atoms with Crippen LogP contribution in [0.3, 0.4) is 0 Å². The van der Waals surface area contributed by atoms with Crippen LogP contribution in [0.2, 0.25) is 0 Å². The van der Waals surface area contributed by atoms with Crippen molar-refractivity contribution in [3.05, 3.63) is 72.7 Å². The molecule has 6 nitrogen and oxygen atoms in total. The van der Waals surface area contributed by atoms with Crippen LogP contribution in [0.1, 0.15) is 39.5 Å². The van der Waals surface area contributed by atoms with E-state index in [9.17, 15) is 9.90 Å². The maximum absolute atomic E-state index is 12.0. The number of amides is 1. The van der Waals surface area contributed by atoms with Crippen LogP contribution in [-0.4, -0.2) is 27.1 Å². The van der Waals surface area contributed by atoms with Crippen molar-refractivity contribution in [2.75, 3.05) is 10.6 Å². The molecule has 1 heterocycles. The van der Waals surface area contributed by atoms with E-state index in [2.05, 4.69) is 20.6 Å². The SMILES string of the molecule is [CH-]=C(Nc1ccccc1-c1cc(NC(=O)C2CC2)ncn1)/C(C)=C\C(=[CH-])C(O)CCC.[Li+]. The van der Waals surface area contributed by atoms with Gasteiger partial charge in [-0.1, -0.05) is 31.5 Å². The zero-order valence-corrected chi connectivity index (χ0v) is 18.9. The van der Waals surface area contributed by atoms with Gasteiger partial charge in [0.1, 0.15) is 12.1 Å². The fraction of sp³-hybridized carbons (Fsp3) is 0.320. The molecule has 3 N–H and O–H groups in total. The van der Waals surface area contributed by atoms with Crippen LogP contribution in [0.25, 0.3) is 11.3 Å². The molecule has 2 aromatic rings. The van der Waals surface area contributed by atoms with Crippen LogP contribution < -0.4 is 29.5 Å². The first-order valence-corrected chi connectivity index (χ1v) is 10.5. The molecule has 1 unspecified atom stereocenters. The second-order valence-corrected chi connectivity index (χ2v) is 7.77. The first-order valence-electron chi connectivity index (χ1n) is 10.5. The molecule has 0 saturated heterocycles. The number of aromatic nitrogens is 2. The monoisotopic (exact) mass is 423 g/mol. The first kappa shape index (κ1) is 25.6. The van der Waals surface area contributed by atoms with Gasteiger partial charge in [0.25, 0.3) is 0 Å². The molecule has 0 spiro atoms. The number of carbonyl (C=O) groups excluding carboxylic acids is 1. The van der Waals surface area contributed by atoms with Crippen LogP contribution in [0.4, 0.5) is 11.5 Å². The molecule has 1 aliphatic rings. The van der Waals surface area contributed by atoms with Crippen LogP contribution in [0.15, 0.2) is 59.6 Å². The largest absolute Gasteiger partial charge is 1.00 e. The maximum atomic E-state index is 12.0. The predicted octanol–water partition coefficient (Wildman–Crippen LogP) is 1.69. The summed E-state index contributed by atoms with van der Waals surface area (Å²) in [4.78, 5) is 20.6. The number of benzene rings is 1. The van der Waals surface area contributed by atoms with Crippen molar-refractivity contribution in [3.8, 4) is 11.3 Å². The van der Waals surface area contributed by atoms with Crippen molar-refractivity contribution in [2.45, 2.75) is 45.6 Å². The van der Waals surface area contributed by atoms with Gasteiger partial charge in [0.05, 0.1) is 5.69 Å². The fourth-order valence-electron chi connectivity index (χ4n) is 3.07. The number of hydrogen-bond acceptors (Lipinski definition) is 5. The average Bonchev–Trinajstić information content (AvgIpc) is 3.60. The van der Waals surface area contributed by atoms with Gasteiger partial charge in [0, 0.05) is 29.3 Å². The quantitative estimate of drug-likeness (QED) is 0.308. The summed E-state index contributed by atoms with van der Waals surface area (Å²) in [5, 5.41) is 16.1. The van der Waals surface area contributed by atoms with Gasteiger partial charge >= 0.3 is 18.9 Å². The molecule has 1 atom stereocenters. The van der Waals surface area contributed by atoms with Gasteiger partial charge in [-0.25, -0.2) is 15.5 Å². The van der Waals surface area contributed by atoms with Crippen LogP contribution in [0.5, 0.6) is 0 Å². The molecule has 1 aromatic heterocycles. The van der Waals surface area contributed by atoms with Crippen molar-refractivity contribution in [3.63, 3.8) is 0 Å². The zero-order chi connectivity index (χ0) is 22.4. The molecule has 1 amide bonds. The number of aliphatic hydroxyl groups is 1. The van der Waals surface area contributed by atoms with Crippen LogP contribution in [-0.2, 0) is 4.79 Å². The summed E-state index contributed by atoms with van der Waals surface area (Å²) >= 11 is 0. The minimum Gasteiger partial charge on any atom is -0.392 e. The second kappa shape index (κ2) is 11.8. The summed E-state index contributed by atoms with van der Waals surface area (Å²) in [6.07, 6.45) is 5.70. The number of hydrogen-bond donors (Lipinski definition) is 3. The number of allylic oxidation sites excluding steroid dienone is 1. The number of nitrogens with zero attached hydrogens (tertiary/aromatic N) is 2. The van der Waals surface area contributed by atoms with Crippen LogP contribution >= 0.6 is 0 Å². The summed E-state index contributed by atoms with van der Waals surface area (Å²) in [6.45, 7) is 16.0. The third kappa shape index (κ3) is 6.93. The molecule has 0 bridgehead atoms. The number of aliphatic hydroxyl groups excluding tert-OH is 1. The Balaban J connectivity index is 0.00000363. The van der Waals surface area contributed by atoms with Crippen molar-refractivity contribution in [2.24, 2.45) is 5.92 Å². The minimum absolute atomic E-state index is 0. The third-order valence-corrected chi connectivity index (χ3v) is 5.09. The van der Waals surface area contributed by atoms with Gasteiger partial charge < -0.3 is 15.7 Å². The van der Waals surface area contributed by atoms with Gasteiger partial charge in [-0.2, -0.15) is 5.70 Å². The minimum atomic E-state index is -0.690. The Bertz CT molecular complexity index is 1010. The van der Waals surface area contributed by atoms with Gasteiger partial charge in [-0.05, 0) is 25.3 Å². The Morgan fingerprint density at radius 1 is 1.25 bits per heavy atom. The average molecular weight is 423 g/mol. The molecule has 0 aliphatic heterocycles. The Kier molecular flexibility index (Phi) is 9.46. The molecular weight excluding hydrogens is 395 g/mol. The van der Waals surface area contributed by atoms with E-state index in [-0.39, 0.29) is 30.7 Å². The van der Waals surface area contributed by atoms with E-state index in [0.717, 1.165) is 30.5 Å². The predicted molar refractivity (Wildman–Crippen MR) is 123 cm³/mol. The second-order valence-electron chi connectivity index (χ2n) is 7.77. The van der Waals surface area contributed by atoms with E-state index in [1.165, 1.54) is 6.33 Å². The standard InChI is InChI=1S/C25H28N4O2.Li/c1-5-8-23(30)17(3)13-16(2)18(4)28-21-10-7-6-9-20(21)22-14-24(27-15-26-22)29-25(31)19-11-12-19;/h3-4,6-7,9-10,13-15,19,23,28,30H,5,8,11-12H2,1-2H3,(H,26,27,29,31);/q-2;+1/b16-13-;. The smallest absolute Gasteiger partial charge is 0.392 e. The van der Waals surface area contributed by atoms with E-state index < -0.39 is 6.10 Å². The summed E-state index contributed by atoms with van der Waals surface area (Å²) in [5.41, 5.74) is 3.72. The summed E-state index contributed by atoms with van der Waals surface area (Å²) in [7, 11) is 0. The molecule has 1 aromatic carbocycles. The number of nitrogens with one attached hydrogen (secondary N) is 2. The Hall–Kier alpha value is -2.65. The molecule has 32 heavy (non-hydrogen) atoms. The fourth-order valence-corrected chi connectivity index (χ4v) is 3.07. The van der Waals surface area contributed by atoms with Crippen molar-refractivity contribution in [1.82, 2.24) is 9.97 Å². The topological polar surface area (TPSA) is 87.1 Å². The summed E-state index contributed by atoms with van der Waals surface area (Å²) < 4.78 is 0. The number of para-hydroxylation sites is 1. The molecule has 0 radical (unpaired) electrons. The maximum Gasteiger partial charge on any atom is 1.00 e. The molecular formula is C25H28LiN4O2-. The van der Waals surface area contributed by atoms with E-state index >= 15 is 0 Å². The normalized spacial score (nSPS) is 14.2. The number of carbonyl (C=O) groups is 1. The van der Waals surface area contributed by atoms with Crippen molar-refractivity contribution >= 4 is 17.4 Å². The Labute approximate surface area is 202 Å². The number of anilines is 2. The zero-order valence-electron chi connectivity index (χ0n) is 18.9. The van der Waals surface area contributed by atoms with Gasteiger partial charge in [0.15, 0.2) is 0 Å². The van der Waals surface area contributed by atoms with Gasteiger partial charge in [-0.15, -0.1) is 6.92 Å². The summed E-state index contributed by atoms with van der Waals surface area (Å²) in [6, 6.07) is 9.33. The van der Waals surface area contributed by atoms with Crippen LogP contribution in [0, 0.1) is 19.1 Å². The molecule has 1 fully saturated rings. The Morgan fingerprint density at radius 2 is 1.97 bits per heavy atom. The van der Waals surface area contributed by atoms with Gasteiger partial charge in [-0.3, -0.25) is 29.6 Å². The molecule has 1 aliphatic carbocycles. The van der Waals surface area contributed by atoms with Crippen molar-refractivity contribution in [1.29, 1.82) is 0 Å². The summed E-state index contributed by atoms with van der Waals surface area (Å²) in [5.74, 6) is 0.558. The van der Waals surface area contributed by atoms with E-state index in [0.29, 0.717) is 34.8 Å². The van der Waals surface area contributed by atoms with E-state index in [1.807, 2.05) is 38.1 Å². The number of rotatable bonds is 10. The third-order valence-electron chi connectivity index (χ3n) is 5.09. The Morgan fingerprint density at radius 3 is 2.66 bits per heavy atom. The van der Waals surface area contributed by atoms with Crippen molar-refractivity contribution < 1.29 is 28.8 Å². The molecule has 162 valence electrons. The van der Waals surface area contributed by atoms with Gasteiger partial charge in [0.2, 0.25) is 5.91 Å². The van der Waals surface area contributed by atoms with E-state index in [4.69, 9.17) is 13.2 Å². The molecule has 3 rings (SSSR count). The molecule has 1 saturated carbocycles. The molecule has 7 heteroatoms. The van der Waals surface area contributed by atoms with E-state index in [1.54, 1.807) is 12.1 Å².